The van der Waals surface area contributed by atoms with Crippen molar-refractivity contribution in [1.29, 1.82) is 0 Å². The average Bonchev–Trinajstić information content (AvgIpc) is 2.91. The molecule has 0 spiro atoms. The third-order valence-corrected chi connectivity index (χ3v) is 4.80. The van der Waals surface area contributed by atoms with Crippen molar-refractivity contribution in [3.05, 3.63) is 35.6 Å². The number of carbonyl (C=O) groups is 2. The van der Waals surface area contributed by atoms with E-state index in [2.05, 4.69) is 24.5 Å². The van der Waals surface area contributed by atoms with Crippen LogP contribution in [-0.2, 0) is 16.1 Å². The van der Waals surface area contributed by atoms with E-state index in [0.717, 1.165) is 0 Å². The Morgan fingerprint density at radius 3 is 2.85 bits per heavy atom. The summed E-state index contributed by atoms with van der Waals surface area (Å²) in [5.41, 5.74) is 0.709. The van der Waals surface area contributed by atoms with Crippen LogP contribution >= 0.6 is 0 Å². The van der Waals surface area contributed by atoms with Crippen LogP contribution in [0.5, 0.6) is 0 Å². The van der Waals surface area contributed by atoms with Crippen molar-refractivity contribution in [2.45, 2.75) is 39.0 Å². The van der Waals surface area contributed by atoms with Crippen molar-refractivity contribution in [2.75, 3.05) is 19.6 Å². The molecule has 3 atom stereocenters. The first kappa shape index (κ1) is 18.6. The number of hydrogen-bond donors (Lipinski definition) is 2. The molecule has 0 saturated carbocycles. The number of halogens is 1. The summed E-state index contributed by atoms with van der Waals surface area (Å²) < 4.78 is 19.1. The fourth-order valence-corrected chi connectivity index (χ4v) is 3.47. The molecular formula is C19H26FN3O3. The van der Waals surface area contributed by atoms with Gasteiger partial charge in [-0.1, -0.05) is 26.0 Å². The van der Waals surface area contributed by atoms with Gasteiger partial charge in [0.25, 0.3) is 0 Å². The minimum atomic E-state index is -0.323. The van der Waals surface area contributed by atoms with Crippen molar-refractivity contribution >= 4 is 11.9 Å². The Hall–Kier alpha value is -2.15. The van der Waals surface area contributed by atoms with E-state index in [9.17, 15) is 14.0 Å². The molecule has 2 aliphatic rings. The molecule has 2 N–H and O–H groups in total. The number of likely N-dealkylation sites (tertiary alicyclic amines) is 1. The van der Waals surface area contributed by atoms with Gasteiger partial charge in [-0.2, -0.15) is 0 Å². The van der Waals surface area contributed by atoms with Crippen LogP contribution in [0.3, 0.4) is 0 Å². The summed E-state index contributed by atoms with van der Waals surface area (Å²) >= 11 is 0. The first-order chi connectivity index (χ1) is 12.4. The Morgan fingerprint density at radius 1 is 1.31 bits per heavy atom. The van der Waals surface area contributed by atoms with Crippen LogP contribution in [0, 0.1) is 17.7 Å². The lowest BCUT2D eigenvalue weighted by Gasteiger charge is -2.32. The number of benzene rings is 1. The zero-order valence-electron chi connectivity index (χ0n) is 15.2. The highest BCUT2D eigenvalue weighted by Gasteiger charge is 2.45. The largest absolute Gasteiger partial charge is 0.370 e. The van der Waals surface area contributed by atoms with Gasteiger partial charge in [-0.25, -0.2) is 9.18 Å². The summed E-state index contributed by atoms with van der Waals surface area (Å²) in [6.07, 6.45) is 0.270. The summed E-state index contributed by atoms with van der Waals surface area (Å²) in [5, 5.41) is 5.77. The van der Waals surface area contributed by atoms with Gasteiger partial charge in [0.1, 0.15) is 5.82 Å². The number of nitrogens with one attached hydrogen (secondary N) is 2. The quantitative estimate of drug-likeness (QED) is 0.839. The molecule has 0 aromatic heterocycles. The van der Waals surface area contributed by atoms with E-state index in [4.69, 9.17) is 4.74 Å². The van der Waals surface area contributed by atoms with Gasteiger partial charge in [-0.15, -0.1) is 0 Å². The summed E-state index contributed by atoms with van der Waals surface area (Å²) in [4.78, 5) is 26.5. The minimum Gasteiger partial charge on any atom is -0.370 e. The lowest BCUT2D eigenvalue weighted by molar-refractivity contribution is -0.127. The molecule has 1 aromatic carbocycles. The van der Waals surface area contributed by atoms with Gasteiger partial charge in [-0.3, -0.25) is 4.79 Å². The third kappa shape index (κ3) is 4.52. The molecule has 1 aromatic rings. The number of morpholine rings is 1. The molecular weight excluding hydrogens is 337 g/mol. The molecule has 2 saturated heterocycles. The molecule has 2 aliphatic heterocycles. The molecule has 26 heavy (non-hydrogen) atoms. The van der Waals surface area contributed by atoms with Crippen LogP contribution in [0.1, 0.15) is 25.8 Å². The smallest absolute Gasteiger partial charge is 0.317 e. The molecule has 6 nitrogen and oxygen atoms in total. The number of nitrogens with zero attached hydrogens (tertiary/aromatic N) is 1. The first-order valence-electron chi connectivity index (χ1n) is 9.12. The summed E-state index contributed by atoms with van der Waals surface area (Å²) in [5.74, 6) is -0.129. The number of amides is 3. The molecule has 0 aliphatic carbocycles. The Bertz CT molecular complexity index is 667. The second kappa shape index (κ2) is 8.03. The zero-order chi connectivity index (χ0) is 18.7. The van der Waals surface area contributed by atoms with Crippen LogP contribution in [0.4, 0.5) is 9.18 Å². The molecule has 3 amide bonds. The molecule has 7 heteroatoms. The highest BCUT2D eigenvalue weighted by molar-refractivity contribution is 5.80. The lowest BCUT2D eigenvalue weighted by Crippen LogP contribution is -2.51. The Morgan fingerprint density at radius 2 is 2.12 bits per heavy atom. The van der Waals surface area contributed by atoms with Gasteiger partial charge < -0.3 is 20.3 Å². The summed E-state index contributed by atoms with van der Waals surface area (Å²) in [6, 6.07) is 5.94. The topological polar surface area (TPSA) is 70.7 Å². The molecule has 0 radical (unpaired) electrons. The van der Waals surface area contributed by atoms with Crippen molar-refractivity contribution in [3.8, 4) is 0 Å². The zero-order valence-corrected chi connectivity index (χ0v) is 15.2. The van der Waals surface area contributed by atoms with Gasteiger partial charge in [0, 0.05) is 26.2 Å². The van der Waals surface area contributed by atoms with Crippen LogP contribution < -0.4 is 10.6 Å². The number of ether oxygens (including phenoxy) is 1. The van der Waals surface area contributed by atoms with Crippen LogP contribution in [0.25, 0.3) is 0 Å². The maximum Gasteiger partial charge on any atom is 0.317 e. The minimum absolute atomic E-state index is 0.00761. The van der Waals surface area contributed by atoms with E-state index in [1.165, 1.54) is 12.1 Å². The van der Waals surface area contributed by atoms with E-state index in [1.807, 2.05) is 0 Å². The summed E-state index contributed by atoms with van der Waals surface area (Å²) in [6.45, 7) is 5.87. The van der Waals surface area contributed by atoms with E-state index < -0.39 is 0 Å². The predicted molar refractivity (Wildman–Crippen MR) is 94.8 cm³/mol. The highest BCUT2D eigenvalue weighted by atomic mass is 19.1. The second-order valence-electron chi connectivity index (χ2n) is 7.47. The summed E-state index contributed by atoms with van der Waals surface area (Å²) in [7, 11) is 0. The first-order valence-corrected chi connectivity index (χ1v) is 9.12. The van der Waals surface area contributed by atoms with E-state index in [0.29, 0.717) is 37.5 Å². The van der Waals surface area contributed by atoms with Gasteiger partial charge in [0.2, 0.25) is 5.91 Å². The molecule has 2 fully saturated rings. The fraction of sp³-hybridized carbons (Fsp3) is 0.579. The van der Waals surface area contributed by atoms with E-state index in [-0.39, 0.29) is 42.4 Å². The molecule has 142 valence electrons. The monoisotopic (exact) mass is 363 g/mol. The standard InChI is InChI=1S/C19H26FN3O3/c1-12(2)8-21-18(24)16-7-15-10-23(11-17(16)26-15)19(25)22-9-13-4-3-5-14(20)6-13/h3-6,12,15-17H,7-11H2,1-2H3,(H,21,24)(H,22,25)/t15-,16+,17-/m0/s1. The SMILES string of the molecule is CC(C)CNC(=O)[C@@H]1C[C@H]2CN(C(=O)NCc3cccc(F)c3)C[C@@H]1O2. The number of fused-ring (bicyclic) bond motifs is 2. The van der Waals surface area contributed by atoms with E-state index in [1.54, 1.807) is 17.0 Å². The Labute approximate surface area is 153 Å². The molecule has 0 unspecified atom stereocenters. The Balaban J connectivity index is 1.52. The number of urea groups is 1. The fourth-order valence-electron chi connectivity index (χ4n) is 3.47. The van der Waals surface area contributed by atoms with Gasteiger partial charge >= 0.3 is 6.03 Å². The Kier molecular flexibility index (Phi) is 5.76. The highest BCUT2D eigenvalue weighted by Crippen LogP contribution is 2.32. The molecule has 2 bridgehead atoms. The number of rotatable bonds is 5. The third-order valence-electron chi connectivity index (χ3n) is 4.80. The molecule has 3 rings (SSSR count). The molecule has 2 heterocycles. The average molecular weight is 363 g/mol. The lowest BCUT2D eigenvalue weighted by atomic mass is 9.99. The normalized spacial score (nSPS) is 24.6. The second-order valence-corrected chi connectivity index (χ2v) is 7.47. The van der Waals surface area contributed by atoms with Gasteiger partial charge in [0.15, 0.2) is 0 Å². The maximum atomic E-state index is 13.2. The van der Waals surface area contributed by atoms with Crippen LogP contribution in [0.2, 0.25) is 0 Å². The van der Waals surface area contributed by atoms with Crippen molar-refractivity contribution in [3.63, 3.8) is 0 Å². The van der Waals surface area contributed by atoms with E-state index >= 15 is 0 Å². The maximum absolute atomic E-state index is 13.2. The van der Waals surface area contributed by atoms with Crippen molar-refractivity contribution in [1.82, 2.24) is 15.5 Å². The predicted octanol–water partition coefficient (Wildman–Crippen LogP) is 1.90. The van der Waals surface area contributed by atoms with Crippen molar-refractivity contribution in [2.24, 2.45) is 11.8 Å². The van der Waals surface area contributed by atoms with Crippen LogP contribution in [-0.4, -0.2) is 48.7 Å². The number of carbonyl (C=O) groups excluding carboxylic acids is 2. The van der Waals surface area contributed by atoms with Crippen LogP contribution in [0.15, 0.2) is 24.3 Å². The number of hydrogen-bond acceptors (Lipinski definition) is 3. The van der Waals surface area contributed by atoms with Gasteiger partial charge in [0.05, 0.1) is 18.1 Å². The van der Waals surface area contributed by atoms with Gasteiger partial charge in [-0.05, 0) is 30.0 Å². The van der Waals surface area contributed by atoms with Crippen molar-refractivity contribution < 1.29 is 18.7 Å².